The van der Waals surface area contributed by atoms with Gasteiger partial charge in [0.1, 0.15) is 6.04 Å². The zero-order valence-electron chi connectivity index (χ0n) is 15.1. The summed E-state index contributed by atoms with van der Waals surface area (Å²) >= 11 is 0. The minimum atomic E-state index is -0.541. The summed E-state index contributed by atoms with van der Waals surface area (Å²) in [5.74, 6) is -0.337. The van der Waals surface area contributed by atoms with Crippen molar-refractivity contribution in [2.45, 2.75) is 33.2 Å². The second-order valence-corrected chi connectivity index (χ2v) is 6.60. The van der Waals surface area contributed by atoms with Gasteiger partial charge in [-0.1, -0.05) is 43.2 Å². The number of nitrogens with one attached hydrogen (secondary N) is 3. The summed E-state index contributed by atoms with van der Waals surface area (Å²) in [7, 11) is 0. The van der Waals surface area contributed by atoms with Crippen LogP contribution in [0.15, 0.2) is 35.9 Å². The fraction of sp³-hybridized carbons (Fsp3) is 0.474. The van der Waals surface area contributed by atoms with Crippen LogP contribution in [0, 0.1) is 12.8 Å². The van der Waals surface area contributed by atoms with Crippen LogP contribution in [-0.4, -0.2) is 37.5 Å². The zero-order valence-corrected chi connectivity index (χ0v) is 15.9. The molecule has 0 aromatic heterocycles. The van der Waals surface area contributed by atoms with E-state index in [0.29, 0.717) is 12.1 Å². The molecule has 0 radical (unpaired) electrons. The van der Waals surface area contributed by atoms with E-state index in [-0.39, 0.29) is 30.1 Å². The Morgan fingerprint density at radius 1 is 1.20 bits per heavy atom. The molecule has 3 N–H and O–H groups in total. The van der Waals surface area contributed by atoms with Crippen LogP contribution in [0.1, 0.15) is 36.2 Å². The Kier molecular flexibility index (Phi) is 8.66. The monoisotopic (exact) mass is 365 g/mol. The molecular formula is C19H28ClN3O2. The first-order chi connectivity index (χ1) is 11.5. The standard InChI is InChI=1S/C19H27N3O2.ClH/c1-13(2)17(19(24)21-12-15-8-10-20-11-9-15)22-18(23)16-6-4-14(3)5-7-16;/h4-8,13,17,20H,9-12H2,1-3H3,(H,21,24)(H,22,23);1H. The average Bonchev–Trinajstić information content (AvgIpc) is 2.58. The van der Waals surface area contributed by atoms with E-state index in [1.165, 1.54) is 5.57 Å². The van der Waals surface area contributed by atoms with Gasteiger partial charge in [0.05, 0.1) is 0 Å². The Hall–Kier alpha value is -1.85. The van der Waals surface area contributed by atoms with E-state index in [2.05, 4.69) is 22.0 Å². The van der Waals surface area contributed by atoms with Gasteiger partial charge >= 0.3 is 0 Å². The molecule has 2 rings (SSSR count). The third-order valence-corrected chi connectivity index (χ3v) is 4.20. The topological polar surface area (TPSA) is 70.2 Å². The predicted molar refractivity (Wildman–Crippen MR) is 103 cm³/mol. The molecule has 2 amide bonds. The Morgan fingerprint density at radius 3 is 2.44 bits per heavy atom. The zero-order chi connectivity index (χ0) is 17.5. The van der Waals surface area contributed by atoms with E-state index in [4.69, 9.17) is 0 Å². The minimum absolute atomic E-state index is 0. The fourth-order valence-corrected chi connectivity index (χ4v) is 2.61. The van der Waals surface area contributed by atoms with Crippen LogP contribution >= 0.6 is 12.4 Å². The summed E-state index contributed by atoms with van der Waals surface area (Å²) in [6.45, 7) is 8.18. The molecule has 1 atom stereocenters. The molecule has 1 aliphatic rings. The van der Waals surface area contributed by atoms with E-state index >= 15 is 0 Å². The molecule has 0 bridgehead atoms. The molecule has 0 fully saturated rings. The van der Waals surface area contributed by atoms with Crippen molar-refractivity contribution in [1.82, 2.24) is 16.0 Å². The molecule has 0 saturated heterocycles. The smallest absolute Gasteiger partial charge is 0.251 e. The SMILES string of the molecule is Cc1ccc(C(=O)NC(C(=O)NCC2=CCNCC2)C(C)C)cc1.Cl. The molecule has 1 aliphatic heterocycles. The largest absolute Gasteiger partial charge is 0.351 e. The van der Waals surface area contributed by atoms with Gasteiger partial charge in [0.25, 0.3) is 5.91 Å². The maximum absolute atomic E-state index is 12.5. The highest BCUT2D eigenvalue weighted by Crippen LogP contribution is 2.08. The highest BCUT2D eigenvalue weighted by Gasteiger charge is 2.24. The first kappa shape index (κ1) is 21.2. The Labute approximate surface area is 156 Å². The molecule has 5 nitrogen and oxygen atoms in total. The van der Waals surface area contributed by atoms with E-state index < -0.39 is 6.04 Å². The van der Waals surface area contributed by atoms with Gasteiger partial charge in [-0.2, -0.15) is 0 Å². The first-order valence-electron chi connectivity index (χ1n) is 8.51. The van der Waals surface area contributed by atoms with Gasteiger partial charge in [0, 0.05) is 18.7 Å². The van der Waals surface area contributed by atoms with Gasteiger partial charge in [-0.05, 0) is 37.9 Å². The highest BCUT2D eigenvalue weighted by atomic mass is 35.5. The van der Waals surface area contributed by atoms with Crippen LogP contribution in [-0.2, 0) is 4.79 Å². The Bertz CT molecular complexity index is 612. The molecule has 138 valence electrons. The molecule has 0 saturated carbocycles. The summed E-state index contributed by atoms with van der Waals surface area (Å²) in [5, 5.41) is 9.05. The molecule has 1 aromatic rings. The van der Waals surface area contributed by atoms with Crippen LogP contribution < -0.4 is 16.0 Å². The molecule has 1 heterocycles. The summed E-state index contributed by atoms with van der Waals surface area (Å²) < 4.78 is 0. The van der Waals surface area contributed by atoms with Gasteiger partial charge in [-0.15, -0.1) is 12.4 Å². The third kappa shape index (κ3) is 6.52. The summed E-state index contributed by atoms with van der Waals surface area (Å²) in [6.07, 6.45) is 3.06. The van der Waals surface area contributed by atoms with Crippen molar-refractivity contribution in [2.75, 3.05) is 19.6 Å². The van der Waals surface area contributed by atoms with E-state index in [9.17, 15) is 9.59 Å². The lowest BCUT2D eigenvalue weighted by Crippen LogP contribution is -2.50. The number of aryl methyl sites for hydroxylation is 1. The summed E-state index contributed by atoms with van der Waals surface area (Å²) in [6, 6.07) is 6.80. The van der Waals surface area contributed by atoms with Crippen molar-refractivity contribution in [3.63, 3.8) is 0 Å². The maximum atomic E-state index is 12.5. The number of halogens is 1. The van der Waals surface area contributed by atoms with Crippen LogP contribution in [0.4, 0.5) is 0 Å². The minimum Gasteiger partial charge on any atom is -0.351 e. The first-order valence-corrected chi connectivity index (χ1v) is 8.51. The van der Waals surface area contributed by atoms with Crippen molar-refractivity contribution in [1.29, 1.82) is 0 Å². The van der Waals surface area contributed by atoms with Crippen LogP contribution in [0.5, 0.6) is 0 Å². The predicted octanol–water partition coefficient (Wildman–Crippen LogP) is 2.21. The van der Waals surface area contributed by atoms with Gasteiger partial charge in [0.2, 0.25) is 5.91 Å². The molecule has 0 spiro atoms. The van der Waals surface area contributed by atoms with Crippen molar-refractivity contribution in [3.05, 3.63) is 47.0 Å². The third-order valence-electron chi connectivity index (χ3n) is 4.20. The van der Waals surface area contributed by atoms with Gasteiger partial charge in [0.15, 0.2) is 0 Å². The molecule has 6 heteroatoms. The van der Waals surface area contributed by atoms with Crippen LogP contribution in [0.25, 0.3) is 0 Å². The van der Waals surface area contributed by atoms with Crippen molar-refractivity contribution in [3.8, 4) is 0 Å². The summed E-state index contributed by atoms with van der Waals surface area (Å²) in [5.41, 5.74) is 2.90. The van der Waals surface area contributed by atoms with Crippen molar-refractivity contribution >= 4 is 24.2 Å². The number of benzene rings is 1. The molecular weight excluding hydrogens is 338 g/mol. The van der Waals surface area contributed by atoms with Crippen molar-refractivity contribution in [2.24, 2.45) is 5.92 Å². The average molecular weight is 366 g/mol. The molecule has 1 unspecified atom stereocenters. The highest BCUT2D eigenvalue weighted by molar-refractivity contribution is 5.97. The normalized spacial score (nSPS) is 15.0. The van der Waals surface area contributed by atoms with E-state index in [0.717, 1.165) is 25.1 Å². The quantitative estimate of drug-likeness (QED) is 0.677. The lowest BCUT2D eigenvalue weighted by molar-refractivity contribution is -0.123. The van der Waals surface area contributed by atoms with Crippen molar-refractivity contribution < 1.29 is 9.59 Å². The van der Waals surface area contributed by atoms with Gasteiger partial charge in [-0.25, -0.2) is 0 Å². The fourth-order valence-electron chi connectivity index (χ4n) is 2.61. The lowest BCUT2D eigenvalue weighted by atomic mass is 10.0. The van der Waals surface area contributed by atoms with Gasteiger partial charge < -0.3 is 16.0 Å². The lowest BCUT2D eigenvalue weighted by Gasteiger charge is -2.23. The molecule has 0 aliphatic carbocycles. The Balaban J connectivity index is 0.00000312. The van der Waals surface area contributed by atoms with E-state index in [1.807, 2.05) is 32.9 Å². The second-order valence-electron chi connectivity index (χ2n) is 6.60. The van der Waals surface area contributed by atoms with Gasteiger partial charge in [-0.3, -0.25) is 9.59 Å². The number of rotatable bonds is 6. The number of hydrogen-bond donors (Lipinski definition) is 3. The molecule has 1 aromatic carbocycles. The number of carbonyl (C=O) groups excluding carboxylic acids is 2. The molecule has 25 heavy (non-hydrogen) atoms. The van der Waals surface area contributed by atoms with E-state index in [1.54, 1.807) is 12.1 Å². The number of amides is 2. The van der Waals surface area contributed by atoms with Crippen LogP contribution in [0.2, 0.25) is 0 Å². The maximum Gasteiger partial charge on any atom is 0.251 e. The number of carbonyl (C=O) groups is 2. The second kappa shape index (κ2) is 10.2. The number of hydrogen-bond acceptors (Lipinski definition) is 3. The van der Waals surface area contributed by atoms with Crippen LogP contribution in [0.3, 0.4) is 0 Å². The summed E-state index contributed by atoms with van der Waals surface area (Å²) in [4.78, 5) is 24.9. The Morgan fingerprint density at radius 2 is 1.88 bits per heavy atom.